The summed E-state index contributed by atoms with van der Waals surface area (Å²) < 4.78 is 1.56. The van der Waals surface area contributed by atoms with Gasteiger partial charge in [-0.25, -0.2) is 4.98 Å². The van der Waals surface area contributed by atoms with E-state index in [0.29, 0.717) is 11.6 Å². The molecule has 0 saturated carbocycles. The van der Waals surface area contributed by atoms with Crippen molar-refractivity contribution in [3.8, 4) is 5.82 Å². The minimum atomic E-state index is 0.398. The Balaban J connectivity index is 2.00. The largest absolute Gasteiger partial charge is 0.297 e. The van der Waals surface area contributed by atoms with Crippen LogP contribution in [0.25, 0.3) is 5.82 Å². The third-order valence-corrected chi connectivity index (χ3v) is 3.58. The molecule has 3 rings (SSSR count). The molecule has 3 heterocycles. The monoisotopic (exact) mass is 271 g/mol. The van der Waals surface area contributed by atoms with Gasteiger partial charge in [-0.15, -0.1) is 4.91 Å². The van der Waals surface area contributed by atoms with Crippen LogP contribution in [-0.4, -0.2) is 32.8 Å². The van der Waals surface area contributed by atoms with Crippen molar-refractivity contribution in [1.29, 1.82) is 0 Å². The van der Waals surface area contributed by atoms with Gasteiger partial charge in [-0.05, 0) is 36.7 Å². The first-order valence-corrected chi connectivity index (χ1v) is 6.91. The number of pyridine rings is 1. The molecule has 104 valence electrons. The van der Waals surface area contributed by atoms with E-state index >= 15 is 0 Å². The van der Waals surface area contributed by atoms with Crippen molar-refractivity contribution in [3.05, 3.63) is 40.6 Å². The zero-order chi connectivity index (χ0) is 13.9. The molecular weight excluding hydrogens is 254 g/mol. The van der Waals surface area contributed by atoms with Crippen LogP contribution in [0.3, 0.4) is 0 Å². The Bertz CT molecular complexity index is 608. The summed E-state index contributed by atoms with van der Waals surface area (Å²) in [6, 6.07) is 5.54. The Labute approximate surface area is 117 Å². The standard InChI is InChI=1S/C14H17N5O/c1-2-8-18-9-6-11-12(10-18)16-19(14(11)17-20)13-5-3-4-7-15-13/h3-5,7H,2,6,8-10H2,1H3. The average Bonchev–Trinajstić information content (AvgIpc) is 2.86. The molecule has 2 aromatic heterocycles. The van der Waals surface area contributed by atoms with E-state index in [1.165, 1.54) is 0 Å². The van der Waals surface area contributed by atoms with E-state index < -0.39 is 0 Å². The fourth-order valence-corrected chi connectivity index (χ4v) is 2.67. The van der Waals surface area contributed by atoms with Gasteiger partial charge in [0.1, 0.15) is 0 Å². The average molecular weight is 271 g/mol. The molecular formula is C14H17N5O. The SMILES string of the molecule is CCCN1CCc2c(nn(-c3ccccn3)c2N=O)C1. The molecule has 0 spiro atoms. The van der Waals surface area contributed by atoms with Crippen LogP contribution in [0.5, 0.6) is 0 Å². The van der Waals surface area contributed by atoms with Crippen LogP contribution < -0.4 is 0 Å². The van der Waals surface area contributed by atoms with Gasteiger partial charge in [-0.1, -0.05) is 13.0 Å². The molecule has 0 bridgehead atoms. The lowest BCUT2D eigenvalue weighted by Gasteiger charge is -2.25. The van der Waals surface area contributed by atoms with Gasteiger partial charge in [0.15, 0.2) is 5.82 Å². The van der Waals surface area contributed by atoms with Crippen molar-refractivity contribution in [1.82, 2.24) is 19.7 Å². The van der Waals surface area contributed by atoms with Crippen molar-refractivity contribution in [2.24, 2.45) is 5.18 Å². The summed E-state index contributed by atoms with van der Waals surface area (Å²) in [4.78, 5) is 17.8. The van der Waals surface area contributed by atoms with Crippen LogP contribution in [0.4, 0.5) is 5.82 Å². The van der Waals surface area contributed by atoms with Crippen LogP contribution in [0.1, 0.15) is 24.6 Å². The molecule has 2 aromatic rings. The number of rotatable bonds is 4. The molecule has 0 amide bonds. The number of hydrogen-bond acceptors (Lipinski definition) is 5. The number of nitrogens with zero attached hydrogens (tertiary/aromatic N) is 5. The Hall–Kier alpha value is -2.08. The molecule has 0 atom stereocenters. The summed E-state index contributed by atoms with van der Waals surface area (Å²) in [5, 5.41) is 7.73. The lowest BCUT2D eigenvalue weighted by atomic mass is 10.1. The zero-order valence-corrected chi connectivity index (χ0v) is 11.5. The van der Waals surface area contributed by atoms with Crippen LogP contribution >= 0.6 is 0 Å². The molecule has 20 heavy (non-hydrogen) atoms. The number of nitroso groups, excluding NO2 is 1. The topological polar surface area (TPSA) is 63.4 Å². The molecule has 0 aliphatic carbocycles. The molecule has 6 nitrogen and oxygen atoms in total. The summed E-state index contributed by atoms with van der Waals surface area (Å²) >= 11 is 0. The van der Waals surface area contributed by atoms with E-state index in [0.717, 1.165) is 43.7 Å². The van der Waals surface area contributed by atoms with Gasteiger partial charge in [-0.2, -0.15) is 9.78 Å². The smallest absolute Gasteiger partial charge is 0.204 e. The molecule has 6 heteroatoms. The molecule has 0 radical (unpaired) electrons. The highest BCUT2D eigenvalue weighted by Crippen LogP contribution is 2.29. The summed E-state index contributed by atoms with van der Waals surface area (Å²) in [6.45, 7) is 4.96. The second kappa shape index (κ2) is 5.50. The van der Waals surface area contributed by atoms with Gasteiger partial charge in [0.2, 0.25) is 5.82 Å². The highest BCUT2D eigenvalue weighted by molar-refractivity contribution is 5.48. The second-order valence-corrected chi connectivity index (χ2v) is 4.97. The molecule has 1 aliphatic rings. The lowest BCUT2D eigenvalue weighted by molar-refractivity contribution is 0.251. The lowest BCUT2D eigenvalue weighted by Crippen LogP contribution is -2.30. The van der Waals surface area contributed by atoms with Crippen LogP contribution in [-0.2, 0) is 13.0 Å². The minimum absolute atomic E-state index is 0.398. The zero-order valence-electron chi connectivity index (χ0n) is 11.5. The van der Waals surface area contributed by atoms with Crippen LogP contribution in [0.2, 0.25) is 0 Å². The Morgan fingerprint density at radius 3 is 3.00 bits per heavy atom. The molecule has 0 N–H and O–H groups in total. The third-order valence-electron chi connectivity index (χ3n) is 3.58. The molecule has 0 aromatic carbocycles. The predicted octanol–water partition coefficient (Wildman–Crippen LogP) is 2.43. The maximum absolute atomic E-state index is 11.2. The minimum Gasteiger partial charge on any atom is -0.297 e. The van der Waals surface area contributed by atoms with E-state index in [2.05, 4.69) is 27.1 Å². The quantitative estimate of drug-likeness (QED) is 0.801. The summed E-state index contributed by atoms with van der Waals surface area (Å²) in [5.41, 5.74) is 1.92. The van der Waals surface area contributed by atoms with Crippen molar-refractivity contribution in [2.75, 3.05) is 13.1 Å². The number of hydrogen-bond donors (Lipinski definition) is 0. The van der Waals surface area contributed by atoms with Gasteiger partial charge in [0, 0.05) is 24.8 Å². The third kappa shape index (κ3) is 2.22. The summed E-state index contributed by atoms with van der Waals surface area (Å²) in [5.74, 6) is 1.04. The number of fused-ring (bicyclic) bond motifs is 1. The first-order chi connectivity index (χ1) is 9.83. The van der Waals surface area contributed by atoms with Crippen molar-refractivity contribution < 1.29 is 0 Å². The fourth-order valence-electron chi connectivity index (χ4n) is 2.67. The van der Waals surface area contributed by atoms with Gasteiger partial charge in [0.05, 0.1) is 5.69 Å². The normalized spacial score (nSPS) is 15.1. The fraction of sp³-hybridized carbons (Fsp3) is 0.429. The van der Waals surface area contributed by atoms with E-state index in [9.17, 15) is 4.91 Å². The second-order valence-electron chi connectivity index (χ2n) is 4.97. The molecule has 0 saturated heterocycles. The van der Waals surface area contributed by atoms with E-state index in [1.54, 1.807) is 10.9 Å². The molecule has 1 aliphatic heterocycles. The first-order valence-electron chi connectivity index (χ1n) is 6.91. The Kier molecular flexibility index (Phi) is 3.56. The van der Waals surface area contributed by atoms with E-state index in [-0.39, 0.29) is 0 Å². The molecule has 0 unspecified atom stereocenters. The van der Waals surface area contributed by atoms with Crippen molar-refractivity contribution in [2.45, 2.75) is 26.3 Å². The summed E-state index contributed by atoms with van der Waals surface area (Å²) in [7, 11) is 0. The highest BCUT2D eigenvalue weighted by Gasteiger charge is 2.25. The van der Waals surface area contributed by atoms with E-state index in [4.69, 9.17) is 0 Å². The number of aromatic nitrogens is 3. The maximum Gasteiger partial charge on any atom is 0.204 e. The first kappa shape index (κ1) is 12.9. The van der Waals surface area contributed by atoms with Crippen molar-refractivity contribution >= 4 is 5.82 Å². The van der Waals surface area contributed by atoms with Gasteiger partial charge >= 0.3 is 0 Å². The Morgan fingerprint density at radius 1 is 1.40 bits per heavy atom. The van der Waals surface area contributed by atoms with E-state index in [1.807, 2.05) is 18.2 Å². The van der Waals surface area contributed by atoms with Crippen LogP contribution in [0, 0.1) is 4.91 Å². The Morgan fingerprint density at radius 2 is 2.30 bits per heavy atom. The molecule has 0 fully saturated rings. The predicted molar refractivity (Wildman–Crippen MR) is 76.1 cm³/mol. The van der Waals surface area contributed by atoms with Gasteiger partial charge in [0.25, 0.3) is 0 Å². The van der Waals surface area contributed by atoms with Crippen LogP contribution in [0.15, 0.2) is 29.6 Å². The van der Waals surface area contributed by atoms with Gasteiger partial charge < -0.3 is 0 Å². The summed E-state index contributed by atoms with van der Waals surface area (Å²) in [6.07, 6.45) is 3.63. The maximum atomic E-state index is 11.2. The van der Waals surface area contributed by atoms with Crippen molar-refractivity contribution in [3.63, 3.8) is 0 Å². The highest BCUT2D eigenvalue weighted by atomic mass is 16.3. The van der Waals surface area contributed by atoms with Gasteiger partial charge in [-0.3, -0.25) is 4.90 Å².